The van der Waals surface area contributed by atoms with E-state index in [9.17, 15) is 0 Å². The number of aromatic nitrogens is 3. The molecule has 24 heavy (non-hydrogen) atoms. The molecule has 1 aliphatic rings. The van der Waals surface area contributed by atoms with E-state index in [2.05, 4.69) is 46.6 Å². The zero-order valence-electron chi connectivity index (χ0n) is 13.1. The highest BCUT2D eigenvalue weighted by atomic mass is 35.5. The summed E-state index contributed by atoms with van der Waals surface area (Å²) in [4.78, 5) is 4.35. The van der Waals surface area contributed by atoms with E-state index in [0.29, 0.717) is 10.0 Å². The maximum Gasteiger partial charge on any atom is 0.222 e. The van der Waals surface area contributed by atoms with Gasteiger partial charge in [-0.15, -0.1) is 0 Å². The van der Waals surface area contributed by atoms with Crippen molar-refractivity contribution in [2.75, 3.05) is 5.32 Å². The van der Waals surface area contributed by atoms with Gasteiger partial charge >= 0.3 is 0 Å². The Hall–Kier alpha value is -2.04. The summed E-state index contributed by atoms with van der Waals surface area (Å²) in [6, 6.07) is 14.5. The second-order valence-electron chi connectivity index (χ2n) is 6.06. The van der Waals surface area contributed by atoms with E-state index in [1.165, 1.54) is 11.1 Å². The highest BCUT2D eigenvalue weighted by Gasteiger charge is 2.30. The summed E-state index contributed by atoms with van der Waals surface area (Å²) in [5, 5.41) is 8.97. The van der Waals surface area contributed by atoms with Crippen LogP contribution in [0.15, 0.2) is 48.8 Å². The largest absolute Gasteiger partial charge is 0.348 e. The predicted molar refractivity (Wildman–Crippen MR) is 96.8 cm³/mol. The second-order valence-corrected chi connectivity index (χ2v) is 6.88. The van der Waals surface area contributed by atoms with Crippen molar-refractivity contribution < 1.29 is 0 Å². The van der Waals surface area contributed by atoms with Gasteiger partial charge < -0.3 is 5.32 Å². The second kappa shape index (κ2) is 6.11. The van der Waals surface area contributed by atoms with E-state index < -0.39 is 0 Å². The molecule has 2 aromatic carbocycles. The standard InChI is InChI=1S/C18H16Cl2N4/c1-11-3-2-4-13(7-11)17-9-16(23-18-21-10-22-24(17)18)12-5-6-14(19)15(20)8-12/h2-8,10,16-17H,9H2,1H3,(H,21,22,23)/t16-,17+/m0/s1. The van der Waals surface area contributed by atoms with E-state index in [0.717, 1.165) is 17.9 Å². The summed E-state index contributed by atoms with van der Waals surface area (Å²) in [6.45, 7) is 2.10. The van der Waals surface area contributed by atoms with Crippen molar-refractivity contribution in [3.05, 3.63) is 75.5 Å². The smallest absolute Gasteiger partial charge is 0.222 e. The first kappa shape index (κ1) is 15.5. The first-order chi connectivity index (χ1) is 11.6. The summed E-state index contributed by atoms with van der Waals surface area (Å²) in [7, 11) is 0. The van der Waals surface area contributed by atoms with Crippen LogP contribution in [0.1, 0.15) is 35.2 Å². The lowest BCUT2D eigenvalue weighted by Crippen LogP contribution is -2.28. The van der Waals surface area contributed by atoms with Crippen LogP contribution in [0.2, 0.25) is 10.0 Å². The SMILES string of the molecule is Cc1cccc([C@H]2C[C@@H](c3ccc(Cl)c(Cl)c3)Nc3ncnn32)c1. The van der Waals surface area contributed by atoms with Crippen LogP contribution in [0, 0.1) is 6.92 Å². The molecule has 0 spiro atoms. The Kier molecular flexibility index (Phi) is 3.94. The zero-order valence-corrected chi connectivity index (χ0v) is 14.6. The quantitative estimate of drug-likeness (QED) is 0.697. The maximum absolute atomic E-state index is 6.19. The molecule has 1 aliphatic heterocycles. The molecule has 0 bridgehead atoms. The normalized spacial score (nSPS) is 19.6. The fraction of sp³-hybridized carbons (Fsp3) is 0.222. The Morgan fingerprint density at radius 3 is 2.75 bits per heavy atom. The molecule has 3 aromatic rings. The maximum atomic E-state index is 6.19. The number of rotatable bonds is 2. The number of aryl methyl sites for hydroxylation is 1. The van der Waals surface area contributed by atoms with E-state index in [4.69, 9.17) is 23.2 Å². The highest BCUT2D eigenvalue weighted by molar-refractivity contribution is 6.42. The first-order valence-electron chi connectivity index (χ1n) is 7.79. The number of fused-ring (bicyclic) bond motifs is 1. The molecule has 4 nitrogen and oxygen atoms in total. The molecule has 0 amide bonds. The van der Waals surface area contributed by atoms with Crippen LogP contribution in [0.3, 0.4) is 0 Å². The molecule has 6 heteroatoms. The van der Waals surface area contributed by atoms with Crippen LogP contribution >= 0.6 is 23.2 Å². The minimum atomic E-state index is 0.0991. The van der Waals surface area contributed by atoms with Crippen molar-refractivity contribution in [3.8, 4) is 0 Å². The number of hydrogen-bond donors (Lipinski definition) is 1. The summed E-state index contributed by atoms with van der Waals surface area (Å²) in [6.07, 6.45) is 2.44. The number of hydrogen-bond acceptors (Lipinski definition) is 3. The monoisotopic (exact) mass is 358 g/mol. The van der Waals surface area contributed by atoms with Gasteiger partial charge in [-0.3, -0.25) is 0 Å². The molecule has 1 N–H and O–H groups in total. The lowest BCUT2D eigenvalue weighted by molar-refractivity contribution is 0.430. The minimum Gasteiger partial charge on any atom is -0.348 e. The van der Waals surface area contributed by atoms with Crippen LogP contribution in [0.4, 0.5) is 5.95 Å². The van der Waals surface area contributed by atoms with Gasteiger partial charge in [0.15, 0.2) is 0 Å². The third kappa shape index (κ3) is 2.76. The lowest BCUT2D eigenvalue weighted by atomic mass is 9.93. The Morgan fingerprint density at radius 1 is 1.08 bits per heavy atom. The molecular weight excluding hydrogens is 343 g/mol. The molecule has 122 valence electrons. The summed E-state index contributed by atoms with van der Waals surface area (Å²) >= 11 is 12.2. The van der Waals surface area contributed by atoms with E-state index in [-0.39, 0.29) is 12.1 Å². The van der Waals surface area contributed by atoms with Crippen LogP contribution in [0.5, 0.6) is 0 Å². The molecule has 2 atom stereocenters. The van der Waals surface area contributed by atoms with E-state index >= 15 is 0 Å². The van der Waals surface area contributed by atoms with Gasteiger partial charge in [0.05, 0.1) is 22.1 Å². The third-order valence-electron chi connectivity index (χ3n) is 4.40. The molecule has 0 fully saturated rings. The predicted octanol–water partition coefficient (Wildman–Crippen LogP) is 5.04. The van der Waals surface area contributed by atoms with Gasteiger partial charge in [0.2, 0.25) is 5.95 Å². The first-order valence-corrected chi connectivity index (χ1v) is 8.55. The van der Waals surface area contributed by atoms with E-state index in [1.54, 1.807) is 6.33 Å². The van der Waals surface area contributed by atoms with Gasteiger partial charge in [0.25, 0.3) is 0 Å². The van der Waals surface area contributed by atoms with Gasteiger partial charge in [-0.25, -0.2) is 4.68 Å². The molecule has 0 unspecified atom stereocenters. The minimum absolute atomic E-state index is 0.0991. The molecule has 4 rings (SSSR count). The Labute approximate surface area is 150 Å². The Balaban J connectivity index is 1.74. The highest BCUT2D eigenvalue weighted by Crippen LogP contribution is 2.38. The molecule has 0 saturated heterocycles. The van der Waals surface area contributed by atoms with Crippen LogP contribution in [-0.4, -0.2) is 14.8 Å². The van der Waals surface area contributed by atoms with Crippen LogP contribution in [0.25, 0.3) is 0 Å². The van der Waals surface area contributed by atoms with Crippen molar-refractivity contribution in [3.63, 3.8) is 0 Å². The average Bonchev–Trinajstić information content (AvgIpc) is 3.05. The van der Waals surface area contributed by atoms with E-state index in [1.807, 2.05) is 22.9 Å². The van der Waals surface area contributed by atoms with Crippen LogP contribution in [-0.2, 0) is 0 Å². The van der Waals surface area contributed by atoms with Crippen molar-refractivity contribution in [2.45, 2.75) is 25.4 Å². The zero-order chi connectivity index (χ0) is 16.7. The molecule has 1 aromatic heterocycles. The number of halogens is 2. The Bertz CT molecular complexity index is 890. The molecule has 0 saturated carbocycles. The third-order valence-corrected chi connectivity index (χ3v) is 5.14. The number of anilines is 1. The Morgan fingerprint density at radius 2 is 1.96 bits per heavy atom. The van der Waals surface area contributed by atoms with Gasteiger partial charge in [-0.2, -0.15) is 10.1 Å². The summed E-state index contributed by atoms with van der Waals surface area (Å²) in [5.74, 6) is 0.767. The van der Waals surface area contributed by atoms with Gasteiger partial charge in [-0.1, -0.05) is 59.1 Å². The summed E-state index contributed by atoms with van der Waals surface area (Å²) in [5.41, 5.74) is 3.56. The van der Waals surface area contributed by atoms with Crippen molar-refractivity contribution >= 4 is 29.2 Å². The van der Waals surface area contributed by atoms with Crippen molar-refractivity contribution in [2.24, 2.45) is 0 Å². The lowest BCUT2D eigenvalue weighted by Gasteiger charge is -2.32. The number of nitrogens with one attached hydrogen (secondary N) is 1. The van der Waals surface area contributed by atoms with Gasteiger partial charge in [0, 0.05) is 0 Å². The topological polar surface area (TPSA) is 42.7 Å². The van der Waals surface area contributed by atoms with Gasteiger partial charge in [-0.05, 0) is 36.6 Å². The molecule has 0 radical (unpaired) electrons. The average molecular weight is 359 g/mol. The fourth-order valence-corrected chi connectivity index (χ4v) is 3.53. The summed E-state index contributed by atoms with van der Waals surface area (Å²) < 4.78 is 1.95. The van der Waals surface area contributed by atoms with Crippen LogP contribution < -0.4 is 5.32 Å². The molecule has 0 aliphatic carbocycles. The number of benzene rings is 2. The fourth-order valence-electron chi connectivity index (χ4n) is 3.22. The van der Waals surface area contributed by atoms with Crippen molar-refractivity contribution in [1.82, 2.24) is 14.8 Å². The molecular formula is C18H16Cl2N4. The molecule has 2 heterocycles. The number of nitrogens with zero attached hydrogens (tertiary/aromatic N) is 3. The van der Waals surface area contributed by atoms with Crippen molar-refractivity contribution in [1.29, 1.82) is 0 Å². The van der Waals surface area contributed by atoms with Gasteiger partial charge in [0.1, 0.15) is 6.33 Å².